The standard InChI is InChI=1S/C9H14N2/c1-6-4-7(2)11-9(5-6)8(3)10/h4-5,8H,10H2,1-3H3. The van der Waals surface area contributed by atoms with E-state index in [0.29, 0.717) is 0 Å². The first-order valence-electron chi connectivity index (χ1n) is 3.80. The molecule has 1 aromatic heterocycles. The summed E-state index contributed by atoms with van der Waals surface area (Å²) in [4.78, 5) is 4.31. The third-order valence-corrected chi connectivity index (χ3v) is 1.58. The van der Waals surface area contributed by atoms with Crippen LogP contribution < -0.4 is 5.73 Å². The maximum absolute atomic E-state index is 5.69. The van der Waals surface area contributed by atoms with E-state index in [0.717, 1.165) is 11.4 Å². The molecule has 0 bridgehead atoms. The second-order valence-corrected chi connectivity index (χ2v) is 3.00. The molecule has 0 fully saturated rings. The van der Waals surface area contributed by atoms with Crippen LogP contribution in [0, 0.1) is 13.8 Å². The Kier molecular flexibility index (Phi) is 2.25. The van der Waals surface area contributed by atoms with Crippen molar-refractivity contribution in [3.63, 3.8) is 0 Å². The minimum atomic E-state index is 0.0357. The monoisotopic (exact) mass is 150 g/mol. The Bertz CT molecular complexity index is 233. The fourth-order valence-electron chi connectivity index (χ4n) is 1.11. The summed E-state index contributed by atoms with van der Waals surface area (Å²) in [5, 5.41) is 0. The van der Waals surface area contributed by atoms with Gasteiger partial charge < -0.3 is 5.73 Å². The van der Waals surface area contributed by atoms with Gasteiger partial charge in [-0.25, -0.2) is 0 Å². The predicted molar refractivity (Wildman–Crippen MR) is 46.3 cm³/mol. The fraction of sp³-hybridized carbons (Fsp3) is 0.444. The molecule has 0 amide bonds. The van der Waals surface area contributed by atoms with Crippen LogP contribution in [0.15, 0.2) is 12.1 Å². The molecule has 2 heteroatoms. The van der Waals surface area contributed by atoms with Crippen LogP contribution in [-0.2, 0) is 0 Å². The lowest BCUT2D eigenvalue weighted by Gasteiger charge is -2.06. The van der Waals surface area contributed by atoms with Gasteiger partial charge in [-0.3, -0.25) is 4.98 Å². The molecule has 1 aromatic rings. The lowest BCUT2D eigenvalue weighted by Crippen LogP contribution is -2.08. The maximum atomic E-state index is 5.69. The van der Waals surface area contributed by atoms with E-state index in [1.54, 1.807) is 0 Å². The number of aryl methyl sites for hydroxylation is 2. The molecule has 1 unspecified atom stereocenters. The topological polar surface area (TPSA) is 38.9 Å². The van der Waals surface area contributed by atoms with Gasteiger partial charge in [-0.2, -0.15) is 0 Å². The van der Waals surface area contributed by atoms with E-state index in [9.17, 15) is 0 Å². The highest BCUT2D eigenvalue weighted by molar-refractivity contribution is 5.20. The zero-order valence-electron chi connectivity index (χ0n) is 7.26. The summed E-state index contributed by atoms with van der Waals surface area (Å²) in [5.74, 6) is 0. The fourth-order valence-corrected chi connectivity index (χ4v) is 1.11. The Hall–Kier alpha value is -0.890. The number of nitrogens with two attached hydrogens (primary N) is 1. The summed E-state index contributed by atoms with van der Waals surface area (Å²) < 4.78 is 0. The molecule has 0 saturated heterocycles. The van der Waals surface area contributed by atoms with Crippen molar-refractivity contribution in [2.24, 2.45) is 5.73 Å². The highest BCUT2D eigenvalue weighted by Gasteiger charge is 2.01. The molecule has 1 atom stereocenters. The first kappa shape index (κ1) is 8.21. The van der Waals surface area contributed by atoms with Gasteiger partial charge in [0.25, 0.3) is 0 Å². The van der Waals surface area contributed by atoms with Crippen molar-refractivity contribution >= 4 is 0 Å². The lowest BCUT2D eigenvalue weighted by molar-refractivity contribution is 0.773. The SMILES string of the molecule is Cc1cc(C)nc(C(C)N)c1. The van der Waals surface area contributed by atoms with Crippen LogP contribution in [0.1, 0.15) is 29.9 Å². The van der Waals surface area contributed by atoms with Gasteiger partial charge in [0.1, 0.15) is 0 Å². The molecule has 0 aromatic carbocycles. The van der Waals surface area contributed by atoms with Crippen LogP contribution in [-0.4, -0.2) is 4.98 Å². The predicted octanol–water partition coefficient (Wildman–Crippen LogP) is 1.72. The molecule has 0 aliphatic rings. The van der Waals surface area contributed by atoms with Crippen molar-refractivity contribution in [2.75, 3.05) is 0 Å². The number of pyridine rings is 1. The summed E-state index contributed by atoms with van der Waals surface area (Å²) in [6.45, 7) is 5.99. The molecule has 2 N–H and O–H groups in total. The van der Waals surface area contributed by atoms with Gasteiger partial charge in [-0.1, -0.05) is 0 Å². The maximum Gasteiger partial charge on any atom is 0.0573 e. The first-order valence-corrected chi connectivity index (χ1v) is 3.80. The molecule has 0 saturated carbocycles. The molecule has 60 valence electrons. The van der Waals surface area contributed by atoms with Crippen LogP contribution in [0.4, 0.5) is 0 Å². The number of hydrogen-bond donors (Lipinski definition) is 1. The number of hydrogen-bond acceptors (Lipinski definition) is 2. The Labute approximate surface area is 67.5 Å². The summed E-state index contributed by atoms with van der Waals surface area (Å²) >= 11 is 0. The molecular formula is C9H14N2. The Balaban J connectivity index is 3.08. The largest absolute Gasteiger partial charge is 0.323 e. The van der Waals surface area contributed by atoms with E-state index in [-0.39, 0.29) is 6.04 Å². The number of aromatic nitrogens is 1. The van der Waals surface area contributed by atoms with Gasteiger partial charge >= 0.3 is 0 Å². The average molecular weight is 150 g/mol. The van der Waals surface area contributed by atoms with Gasteiger partial charge in [-0.15, -0.1) is 0 Å². The normalized spacial score (nSPS) is 13.1. The quantitative estimate of drug-likeness (QED) is 0.662. The van der Waals surface area contributed by atoms with E-state index in [1.165, 1.54) is 5.56 Å². The Morgan fingerprint density at radius 3 is 2.45 bits per heavy atom. The molecule has 0 spiro atoms. The number of rotatable bonds is 1. The van der Waals surface area contributed by atoms with Crippen molar-refractivity contribution in [3.8, 4) is 0 Å². The highest BCUT2D eigenvalue weighted by atomic mass is 14.8. The zero-order chi connectivity index (χ0) is 8.43. The minimum absolute atomic E-state index is 0.0357. The number of nitrogens with zero attached hydrogens (tertiary/aromatic N) is 1. The molecule has 1 heterocycles. The minimum Gasteiger partial charge on any atom is -0.323 e. The Morgan fingerprint density at radius 1 is 1.36 bits per heavy atom. The van der Waals surface area contributed by atoms with Gasteiger partial charge in [0.2, 0.25) is 0 Å². The lowest BCUT2D eigenvalue weighted by atomic mass is 10.1. The first-order chi connectivity index (χ1) is 5.09. The zero-order valence-corrected chi connectivity index (χ0v) is 7.26. The molecule has 0 aliphatic carbocycles. The summed E-state index contributed by atoms with van der Waals surface area (Å²) in [5.41, 5.74) is 8.93. The summed E-state index contributed by atoms with van der Waals surface area (Å²) in [6, 6.07) is 4.11. The second-order valence-electron chi connectivity index (χ2n) is 3.00. The van der Waals surface area contributed by atoms with Crippen LogP contribution in [0.3, 0.4) is 0 Å². The smallest absolute Gasteiger partial charge is 0.0573 e. The molecule has 0 aliphatic heterocycles. The third-order valence-electron chi connectivity index (χ3n) is 1.58. The second kappa shape index (κ2) is 3.01. The van der Waals surface area contributed by atoms with Crippen molar-refractivity contribution in [3.05, 3.63) is 29.1 Å². The molecule has 0 radical (unpaired) electrons. The van der Waals surface area contributed by atoms with Gasteiger partial charge in [0.15, 0.2) is 0 Å². The van der Waals surface area contributed by atoms with Crippen LogP contribution in [0.2, 0.25) is 0 Å². The van der Waals surface area contributed by atoms with E-state index in [4.69, 9.17) is 5.73 Å². The van der Waals surface area contributed by atoms with E-state index >= 15 is 0 Å². The van der Waals surface area contributed by atoms with Crippen molar-refractivity contribution in [2.45, 2.75) is 26.8 Å². The highest BCUT2D eigenvalue weighted by Crippen LogP contribution is 2.09. The molecule has 11 heavy (non-hydrogen) atoms. The van der Waals surface area contributed by atoms with E-state index in [2.05, 4.69) is 11.9 Å². The van der Waals surface area contributed by atoms with Crippen LogP contribution >= 0.6 is 0 Å². The molecular weight excluding hydrogens is 136 g/mol. The summed E-state index contributed by atoms with van der Waals surface area (Å²) in [7, 11) is 0. The van der Waals surface area contributed by atoms with E-state index < -0.39 is 0 Å². The summed E-state index contributed by atoms with van der Waals surface area (Å²) in [6.07, 6.45) is 0. The van der Waals surface area contributed by atoms with Crippen molar-refractivity contribution in [1.82, 2.24) is 4.98 Å². The average Bonchev–Trinajstić information content (AvgIpc) is 1.85. The molecule has 1 rings (SSSR count). The van der Waals surface area contributed by atoms with Crippen molar-refractivity contribution in [1.29, 1.82) is 0 Å². The van der Waals surface area contributed by atoms with Gasteiger partial charge in [0.05, 0.1) is 5.69 Å². The van der Waals surface area contributed by atoms with E-state index in [1.807, 2.05) is 26.0 Å². The molecule has 2 nitrogen and oxygen atoms in total. The third kappa shape index (κ3) is 2.02. The van der Waals surface area contributed by atoms with Crippen LogP contribution in [0.25, 0.3) is 0 Å². The Morgan fingerprint density at radius 2 is 2.00 bits per heavy atom. The van der Waals surface area contributed by atoms with Gasteiger partial charge in [-0.05, 0) is 38.5 Å². The van der Waals surface area contributed by atoms with Crippen molar-refractivity contribution < 1.29 is 0 Å². The van der Waals surface area contributed by atoms with Gasteiger partial charge in [0, 0.05) is 11.7 Å². The van der Waals surface area contributed by atoms with Crippen LogP contribution in [0.5, 0.6) is 0 Å².